The third-order valence-electron chi connectivity index (χ3n) is 6.39. The van der Waals surface area contributed by atoms with Crippen molar-refractivity contribution in [2.24, 2.45) is 0 Å². The first-order valence-corrected chi connectivity index (χ1v) is 10.5. The molecule has 1 heterocycles. The molecule has 5 heteroatoms. The molecule has 158 valence electrons. The first-order valence-electron chi connectivity index (χ1n) is 10.5. The van der Waals surface area contributed by atoms with E-state index in [0.29, 0.717) is 34.6 Å². The average Bonchev–Trinajstić information content (AvgIpc) is 3.21. The van der Waals surface area contributed by atoms with Gasteiger partial charge >= 0.3 is 0 Å². The molecule has 0 amide bonds. The van der Waals surface area contributed by atoms with E-state index in [2.05, 4.69) is 12.1 Å². The number of carbonyl (C=O) groups excluding carboxylic acids is 1. The van der Waals surface area contributed by atoms with E-state index in [-0.39, 0.29) is 17.0 Å². The first kappa shape index (κ1) is 20.5. The van der Waals surface area contributed by atoms with Crippen molar-refractivity contribution in [1.29, 1.82) is 0 Å². The van der Waals surface area contributed by atoms with Crippen LogP contribution in [-0.4, -0.2) is 20.0 Å². The second kappa shape index (κ2) is 8.50. The van der Waals surface area contributed by atoms with Gasteiger partial charge in [-0.1, -0.05) is 25.3 Å². The summed E-state index contributed by atoms with van der Waals surface area (Å²) in [5.41, 5.74) is 1.66. The molecule has 0 aliphatic heterocycles. The van der Waals surface area contributed by atoms with E-state index in [4.69, 9.17) is 13.9 Å². The molecule has 0 N–H and O–H groups in total. The molecule has 4 nitrogen and oxygen atoms in total. The Balaban J connectivity index is 1.57. The summed E-state index contributed by atoms with van der Waals surface area (Å²) in [5, 5.41) is 0.616. The molecule has 0 bridgehead atoms. The van der Waals surface area contributed by atoms with Crippen LogP contribution < -0.4 is 9.47 Å². The molecule has 30 heavy (non-hydrogen) atoms. The van der Waals surface area contributed by atoms with Crippen LogP contribution >= 0.6 is 0 Å². The zero-order valence-electron chi connectivity index (χ0n) is 17.5. The van der Waals surface area contributed by atoms with Gasteiger partial charge in [-0.15, -0.1) is 0 Å². The zero-order valence-corrected chi connectivity index (χ0v) is 17.5. The number of carbonyl (C=O) groups is 1. The number of rotatable bonds is 7. The first-order chi connectivity index (χ1) is 14.5. The molecular formula is C25H27FO4. The maximum atomic E-state index is 13.4. The van der Waals surface area contributed by atoms with Gasteiger partial charge in [-0.05, 0) is 66.6 Å². The lowest BCUT2D eigenvalue weighted by atomic mass is 9.66. The molecule has 3 aromatic rings. The lowest BCUT2D eigenvalue weighted by molar-refractivity contribution is 0.0938. The Kier molecular flexibility index (Phi) is 5.80. The van der Waals surface area contributed by atoms with Crippen LogP contribution in [-0.2, 0) is 5.41 Å². The molecule has 1 aliphatic carbocycles. The van der Waals surface area contributed by atoms with Crippen molar-refractivity contribution in [3.8, 4) is 11.5 Å². The van der Waals surface area contributed by atoms with Gasteiger partial charge in [-0.2, -0.15) is 0 Å². The van der Waals surface area contributed by atoms with Crippen molar-refractivity contribution < 1.29 is 23.1 Å². The number of ketones is 1. The maximum Gasteiger partial charge on any atom is 0.198 e. The van der Waals surface area contributed by atoms with Gasteiger partial charge in [0.25, 0.3) is 0 Å². The topological polar surface area (TPSA) is 48.7 Å². The van der Waals surface area contributed by atoms with Gasteiger partial charge in [-0.25, -0.2) is 4.39 Å². The maximum absolute atomic E-state index is 13.4. The van der Waals surface area contributed by atoms with Crippen LogP contribution in [0.3, 0.4) is 0 Å². The van der Waals surface area contributed by atoms with Gasteiger partial charge < -0.3 is 13.9 Å². The summed E-state index contributed by atoms with van der Waals surface area (Å²) < 4.78 is 30.0. The summed E-state index contributed by atoms with van der Waals surface area (Å²) in [6.07, 6.45) is 6.72. The summed E-state index contributed by atoms with van der Waals surface area (Å²) in [4.78, 5) is 12.9. The number of furan rings is 1. The minimum absolute atomic E-state index is 0.0444. The third kappa shape index (κ3) is 3.93. The molecule has 0 unspecified atom stereocenters. The number of ether oxygens (including phenoxy) is 2. The Morgan fingerprint density at radius 2 is 1.77 bits per heavy atom. The van der Waals surface area contributed by atoms with Crippen molar-refractivity contribution in [1.82, 2.24) is 0 Å². The van der Waals surface area contributed by atoms with Crippen LogP contribution in [0.1, 0.15) is 61.1 Å². The van der Waals surface area contributed by atoms with Crippen molar-refractivity contribution >= 4 is 16.8 Å². The Morgan fingerprint density at radius 3 is 2.50 bits per heavy atom. The largest absolute Gasteiger partial charge is 0.493 e. The predicted molar refractivity (Wildman–Crippen MR) is 114 cm³/mol. The number of methoxy groups -OCH3 is 2. The molecular weight excluding hydrogens is 383 g/mol. The van der Waals surface area contributed by atoms with E-state index in [9.17, 15) is 9.18 Å². The highest BCUT2D eigenvalue weighted by Crippen LogP contribution is 2.45. The SMILES string of the molecule is COc1ccc(C2(CCC(=O)c3cc4cc(F)ccc4o3)CCCCC2)cc1OC. The number of hydrogen-bond acceptors (Lipinski definition) is 4. The Bertz CT molecular complexity index is 1050. The molecule has 1 fully saturated rings. The Hall–Kier alpha value is -2.82. The van der Waals surface area contributed by atoms with Gasteiger partial charge in [0, 0.05) is 11.8 Å². The third-order valence-corrected chi connectivity index (χ3v) is 6.39. The van der Waals surface area contributed by atoms with Crippen molar-refractivity contribution in [3.63, 3.8) is 0 Å². The number of halogens is 1. The van der Waals surface area contributed by atoms with Gasteiger partial charge in [0.15, 0.2) is 23.0 Å². The average molecular weight is 410 g/mol. The normalized spacial score (nSPS) is 15.8. The number of hydrogen-bond donors (Lipinski definition) is 0. The molecule has 1 aliphatic rings. The molecule has 1 saturated carbocycles. The van der Waals surface area contributed by atoms with Crippen LogP contribution in [0.15, 0.2) is 46.9 Å². The standard InChI is InChI=1S/C25H27FO4/c1-28-22-8-6-18(16-24(22)29-2)25(11-4-3-5-12-25)13-10-20(27)23-15-17-14-19(26)7-9-21(17)30-23/h6-9,14-16H,3-5,10-13H2,1-2H3. The molecule has 0 radical (unpaired) electrons. The Labute approximate surface area is 176 Å². The quantitative estimate of drug-likeness (QED) is 0.420. The van der Waals surface area contributed by atoms with Crippen molar-refractivity contribution in [3.05, 3.63) is 59.6 Å². The fraction of sp³-hybridized carbons (Fsp3) is 0.400. The number of benzene rings is 2. The summed E-state index contributed by atoms with van der Waals surface area (Å²) in [5.74, 6) is 1.34. The lowest BCUT2D eigenvalue weighted by Crippen LogP contribution is -2.30. The second-order valence-corrected chi connectivity index (χ2v) is 8.13. The van der Waals surface area contributed by atoms with E-state index in [0.717, 1.165) is 32.1 Å². The van der Waals surface area contributed by atoms with Crippen molar-refractivity contribution in [2.75, 3.05) is 14.2 Å². The molecule has 0 saturated heterocycles. The predicted octanol–water partition coefficient (Wildman–Crippen LogP) is 6.45. The molecule has 0 atom stereocenters. The van der Waals surface area contributed by atoms with E-state index in [1.165, 1.54) is 24.1 Å². The van der Waals surface area contributed by atoms with Crippen LogP contribution in [0.5, 0.6) is 11.5 Å². The number of Topliss-reactive ketones (excluding diaryl/α,β-unsaturated/α-hetero) is 1. The fourth-order valence-corrected chi connectivity index (χ4v) is 4.71. The van der Waals surface area contributed by atoms with Crippen LogP contribution in [0.25, 0.3) is 11.0 Å². The monoisotopic (exact) mass is 410 g/mol. The molecule has 4 rings (SSSR count). The van der Waals surface area contributed by atoms with E-state index >= 15 is 0 Å². The van der Waals surface area contributed by atoms with Crippen LogP contribution in [0.4, 0.5) is 4.39 Å². The summed E-state index contributed by atoms with van der Waals surface area (Å²) in [6.45, 7) is 0. The minimum Gasteiger partial charge on any atom is -0.493 e. The van der Waals surface area contributed by atoms with E-state index in [1.54, 1.807) is 26.4 Å². The van der Waals surface area contributed by atoms with Crippen LogP contribution in [0.2, 0.25) is 0 Å². The number of fused-ring (bicyclic) bond motifs is 1. The van der Waals surface area contributed by atoms with Gasteiger partial charge in [0.05, 0.1) is 14.2 Å². The summed E-state index contributed by atoms with van der Waals surface area (Å²) in [7, 11) is 3.27. The fourth-order valence-electron chi connectivity index (χ4n) is 4.71. The van der Waals surface area contributed by atoms with Gasteiger partial charge in [0.1, 0.15) is 11.4 Å². The highest BCUT2D eigenvalue weighted by Gasteiger charge is 2.35. The van der Waals surface area contributed by atoms with Crippen LogP contribution in [0, 0.1) is 5.82 Å². The van der Waals surface area contributed by atoms with E-state index < -0.39 is 0 Å². The smallest absolute Gasteiger partial charge is 0.198 e. The van der Waals surface area contributed by atoms with E-state index in [1.807, 2.05) is 6.07 Å². The molecule has 1 aromatic heterocycles. The lowest BCUT2D eigenvalue weighted by Gasteiger charge is -2.38. The summed E-state index contributed by atoms with van der Waals surface area (Å²) in [6, 6.07) is 12.0. The molecule has 0 spiro atoms. The second-order valence-electron chi connectivity index (χ2n) is 8.13. The molecule has 2 aromatic carbocycles. The highest BCUT2D eigenvalue weighted by molar-refractivity contribution is 5.97. The zero-order chi connectivity index (χ0) is 21.1. The van der Waals surface area contributed by atoms with Gasteiger partial charge in [-0.3, -0.25) is 4.79 Å². The highest BCUT2D eigenvalue weighted by atomic mass is 19.1. The van der Waals surface area contributed by atoms with Crippen molar-refractivity contribution in [2.45, 2.75) is 50.4 Å². The Morgan fingerprint density at radius 1 is 1.00 bits per heavy atom. The minimum atomic E-state index is -0.336. The van der Waals surface area contributed by atoms with Gasteiger partial charge in [0.2, 0.25) is 0 Å². The summed E-state index contributed by atoms with van der Waals surface area (Å²) >= 11 is 0.